The highest BCUT2D eigenvalue weighted by atomic mass is 32.1. The zero-order valence-corrected chi connectivity index (χ0v) is 4.93. The summed E-state index contributed by atoms with van der Waals surface area (Å²) < 4.78 is 0. The van der Waals surface area contributed by atoms with Crippen molar-refractivity contribution in [1.82, 2.24) is 0 Å². The number of thiol groups is 1. The van der Waals surface area contributed by atoms with Gasteiger partial charge in [-0.3, -0.25) is 4.79 Å². The molecule has 4 heteroatoms. The van der Waals surface area contributed by atoms with Crippen LogP contribution in [-0.2, 0) is 4.79 Å². The molecule has 0 saturated carbocycles. The molecule has 0 rings (SSSR count). The number of carbonyl (C=O) groups is 1. The highest BCUT2D eigenvalue weighted by molar-refractivity contribution is 7.81. The molecule has 0 bridgehead atoms. The maximum atomic E-state index is 9.86. The Morgan fingerprint density at radius 3 is 2.62 bits per heavy atom. The first-order valence-corrected chi connectivity index (χ1v) is 2.48. The minimum atomic E-state index is -1.05. The van der Waals surface area contributed by atoms with Crippen LogP contribution in [0.2, 0.25) is 0 Å². The summed E-state index contributed by atoms with van der Waals surface area (Å²) in [5.41, 5.74) is 0. The van der Waals surface area contributed by atoms with Crippen LogP contribution in [0.1, 0.15) is 6.42 Å². The minimum Gasteiger partial charge on any atom is -0.480 e. The van der Waals surface area contributed by atoms with Gasteiger partial charge in [0.2, 0.25) is 0 Å². The Morgan fingerprint density at radius 1 is 2.00 bits per heavy atom. The van der Waals surface area contributed by atoms with E-state index < -0.39 is 11.2 Å². The second-order valence-corrected chi connectivity index (χ2v) is 1.84. The van der Waals surface area contributed by atoms with E-state index in [4.69, 9.17) is 10.4 Å². The van der Waals surface area contributed by atoms with Crippen molar-refractivity contribution in [2.75, 3.05) is 0 Å². The SMILES string of the molecule is N#CCC(S)C(=O)O. The van der Waals surface area contributed by atoms with Crippen molar-refractivity contribution in [2.24, 2.45) is 0 Å². The summed E-state index contributed by atoms with van der Waals surface area (Å²) in [6.45, 7) is 0. The standard InChI is InChI=1S/C4H5NO2S/c5-2-1-3(8)4(6)7/h3,8H,1H2,(H,6,7). The lowest BCUT2D eigenvalue weighted by atomic mass is 10.3. The zero-order valence-electron chi connectivity index (χ0n) is 4.03. The van der Waals surface area contributed by atoms with Gasteiger partial charge in [0.15, 0.2) is 0 Å². The molecule has 0 aromatic rings. The number of nitrogens with zero attached hydrogens (tertiary/aromatic N) is 1. The predicted molar refractivity (Wildman–Crippen MR) is 30.6 cm³/mol. The maximum Gasteiger partial charge on any atom is 0.317 e. The molecular formula is C4H5NO2S. The second-order valence-electron chi connectivity index (χ2n) is 1.22. The molecule has 0 aliphatic carbocycles. The van der Waals surface area contributed by atoms with Crippen LogP contribution in [0.4, 0.5) is 0 Å². The number of rotatable bonds is 2. The molecular weight excluding hydrogens is 126 g/mol. The Kier molecular flexibility index (Phi) is 3.04. The Bertz CT molecular complexity index is 128. The summed E-state index contributed by atoms with van der Waals surface area (Å²) in [6.07, 6.45) is -0.0432. The Balaban J connectivity index is 3.52. The van der Waals surface area contributed by atoms with Gasteiger partial charge in [0.1, 0.15) is 5.25 Å². The molecule has 1 unspecified atom stereocenters. The van der Waals surface area contributed by atoms with E-state index in [1.807, 2.05) is 0 Å². The third-order valence-electron chi connectivity index (χ3n) is 0.570. The lowest BCUT2D eigenvalue weighted by Crippen LogP contribution is -2.11. The van der Waals surface area contributed by atoms with Gasteiger partial charge in [0.05, 0.1) is 12.5 Å². The van der Waals surface area contributed by atoms with Crippen molar-refractivity contribution < 1.29 is 9.90 Å². The highest BCUT2D eigenvalue weighted by Crippen LogP contribution is 1.98. The fourth-order valence-corrected chi connectivity index (χ4v) is 0.255. The summed E-state index contributed by atoms with van der Waals surface area (Å²) in [6, 6.07) is 1.69. The van der Waals surface area contributed by atoms with E-state index in [0.29, 0.717) is 0 Å². The topological polar surface area (TPSA) is 61.1 Å². The number of hydrogen-bond acceptors (Lipinski definition) is 3. The van der Waals surface area contributed by atoms with Crippen LogP contribution in [0, 0.1) is 11.3 Å². The van der Waals surface area contributed by atoms with Crippen molar-refractivity contribution in [3.63, 3.8) is 0 Å². The van der Waals surface area contributed by atoms with E-state index in [2.05, 4.69) is 12.6 Å². The number of aliphatic carboxylic acids is 1. The van der Waals surface area contributed by atoms with Gasteiger partial charge in [-0.25, -0.2) is 0 Å². The zero-order chi connectivity index (χ0) is 6.57. The quantitative estimate of drug-likeness (QED) is 0.529. The van der Waals surface area contributed by atoms with Crippen LogP contribution in [0.15, 0.2) is 0 Å². The van der Waals surface area contributed by atoms with Crippen LogP contribution in [0.3, 0.4) is 0 Å². The minimum absolute atomic E-state index is 0.0432. The lowest BCUT2D eigenvalue weighted by Gasteiger charge is -1.93. The van der Waals surface area contributed by atoms with Crippen molar-refractivity contribution in [1.29, 1.82) is 5.26 Å². The van der Waals surface area contributed by atoms with Crippen molar-refractivity contribution in [3.05, 3.63) is 0 Å². The molecule has 44 valence electrons. The van der Waals surface area contributed by atoms with Crippen LogP contribution in [-0.4, -0.2) is 16.3 Å². The molecule has 0 aliphatic heterocycles. The van der Waals surface area contributed by atoms with Gasteiger partial charge in [0, 0.05) is 0 Å². The summed E-state index contributed by atoms with van der Waals surface area (Å²) >= 11 is 3.58. The number of nitriles is 1. The summed E-state index contributed by atoms with van der Waals surface area (Å²) in [5.74, 6) is -1.05. The Morgan fingerprint density at radius 2 is 2.50 bits per heavy atom. The molecule has 8 heavy (non-hydrogen) atoms. The van der Waals surface area contributed by atoms with Gasteiger partial charge in [-0.15, -0.1) is 0 Å². The van der Waals surface area contributed by atoms with E-state index in [-0.39, 0.29) is 6.42 Å². The first-order chi connectivity index (χ1) is 3.68. The molecule has 1 N–H and O–H groups in total. The van der Waals surface area contributed by atoms with Crippen molar-refractivity contribution >= 4 is 18.6 Å². The molecule has 1 atom stereocenters. The van der Waals surface area contributed by atoms with Gasteiger partial charge in [-0.05, 0) is 0 Å². The molecule has 0 aliphatic rings. The summed E-state index contributed by atoms with van der Waals surface area (Å²) in [5, 5.41) is 15.2. The number of hydrogen-bond donors (Lipinski definition) is 2. The summed E-state index contributed by atoms with van der Waals surface area (Å²) in [7, 11) is 0. The highest BCUT2D eigenvalue weighted by Gasteiger charge is 2.09. The molecule has 0 saturated heterocycles. The van der Waals surface area contributed by atoms with Gasteiger partial charge in [-0.2, -0.15) is 17.9 Å². The lowest BCUT2D eigenvalue weighted by molar-refractivity contribution is -0.136. The second kappa shape index (κ2) is 3.33. The normalized spacial score (nSPS) is 12.0. The number of carboxylic acids is 1. The van der Waals surface area contributed by atoms with Crippen LogP contribution in [0.25, 0.3) is 0 Å². The Labute approximate surface area is 52.3 Å². The van der Waals surface area contributed by atoms with Gasteiger partial charge in [0.25, 0.3) is 0 Å². The Hall–Kier alpha value is -0.690. The smallest absolute Gasteiger partial charge is 0.317 e. The first-order valence-electron chi connectivity index (χ1n) is 1.96. The average molecular weight is 131 g/mol. The summed E-state index contributed by atoms with van der Waals surface area (Å²) in [4.78, 5) is 9.86. The molecule has 0 radical (unpaired) electrons. The number of carboxylic acid groups (broad SMARTS) is 1. The van der Waals surface area contributed by atoms with Gasteiger partial charge in [-0.1, -0.05) is 0 Å². The molecule has 0 aromatic carbocycles. The predicted octanol–water partition coefficient (Wildman–Crippen LogP) is 0.283. The third kappa shape index (κ3) is 2.48. The molecule has 0 heterocycles. The molecule has 0 fully saturated rings. The van der Waals surface area contributed by atoms with E-state index in [0.717, 1.165) is 0 Å². The monoisotopic (exact) mass is 131 g/mol. The van der Waals surface area contributed by atoms with Crippen LogP contribution in [0.5, 0.6) is 0 Å². The molecule has 3 nitrogen and oxygen atoms in total. The van der Waals surface area contributed by atoms with Crippen molar-refractivity contribution in [2.45, 2.75) is 11.7 Å². The van der Waals surface area contributed by atoms with Gasteiger partial charge >= 0.3 is 5.97 Å². The molecule has 0 amide bonds. The van der Waals surface area contributed by atoms with E-state index in [1.54, 1.807) is 6.07 Å². The largest absolute Gasteiger partial charge is 0.480 e. The average Bonchev–Trinajstić information content (AvgIpc) is 1.67. The molecule has 0 aromatic heterocycles. The van der Waals surface area contributed by atoms with E-state index in [1.165, 1.54) is 0 Å². The van der Waals surface area contributed by atoms with Crippen LogP contribution >= 0.6 is 12.6 Å². The third-order valence-corrected chi connectivity index (χ3v) is 0.973. The van der Waals surface area contributed by atoms with E-state index >= 15 is 0 Å². The van der Waals surface area contributed by atoms with Crippen LogP contribution < -0.4 is 0 Å². The fraction of sp³-hybridized carbons (Fsp3) is 0.500. The fourth-order valence-electron chi connectivity index (χ4n) is 0.174. The molecule has 0 spiro atoms. The van der Waals surface area contributed by atoms with Gasteiger partial charge < -0.3 is 5.11 Å². The van der Waals surface area contributed by atoms with E-state index in [9.17, 15) is 4.79 Å². The van der Waals surface area contributed by atoms with Crippen molar-refractivity contribution in [3.8, 4) is 6.07 Å². The first kappa shape index (κ1) is 7.31. The maximum absolute atomic E-state index is 9.86.